The predicted molar refractivity (Wildman–Crippen MR) is 79.4 cm³/mol. The number of aromatic nitrogens is 1. The van der Waals surface area contributed by atoms with Gasteiger partial charge in [0.2, 0.25) is 0 Å². The molecule has 1 aliphatic rings. The number of nitrogen functional groups attached to an aromatic ring is 1. The number of carbonyl (C=O) groups excluding carboxylic acids is 1. The van der Waals surface area contributed by atoms with E-state index in [1.807, 2.05) is 0 Å². The first-order chi connectivity index (χ1) is 8.48. The minimum absolute atomic E-state index is 0. The largest absolute Gasteiger partial charge is 0.398 e. The molecule has 5 heteroatoms. The lowest BCUT2D eigenvalue weighted by atomic mass is 9.75. The van der Waals surface area contributed by atoms with Crippen molar-refractivity contribution in [3.8, 4) is 0 Å². The van der Waals surface area contributed by atoms with Crippen LogP contribution in [-0.2, 0) is 0 Å². The topological polar surface area (TPSA) is 68.0 Å². The zero-order chi connectivity index (χ0) is 13.2. The van der Waals surface area contributed by atoms with Crippen LogP contribution >= 0.6 is 12.4 Å². The van der Waals surface area contributed by atoms with Gasteiger partial charge >= 0.3 is 0 Å². The monoisotopic (exact) mass is 283 g/mol. The molecule has 1 aromatic rings. The van der Waals surface area contributed by atoms with Crippen molar-refractivity contribution in [3.63, 3.8) is 0 Å². The molecule has 4 nitrogen and oxygen atoms in total. The number of nitrogens with zero attached hydrogens (tertiary/aromatic N) is 1. The summed E-state index contributed by atoms with van der Waals surface area (Å²) < 4.78 is 0. The zero-order valence-corrected chi connectivity index (χ0v) is 12.3. The summed E-state index contributed by atoms with van der Waals surface area (Å²) in [6.45, 7) is 4.56. The second kappa shape index (κ2) is 6.24. The van der Waals surface area contributed by atoms with Gasteiger partial charge in [-0.05, 0) is 37.2 Å². The van der Waals surface area contributed by atoms with Gasteiger partial charge in [-0.3, -0.25) is 9.78 Å². The number of nitrogens with one attached hydrogen (secondary N) is 1. The standard InChI is InChI=1S/C14H21N3O.ClH/c1-14(2)6-3-10(4-7-14)17-13(18)11-9-16-8-5-12(11)15;/h5,8-10H,3-4,6-7H2,1-2H3,(H2,15,16)(H,17,18);1H. The van der Waals surface area contributed by atoms with Crippen LogP contribution in [0.5, 0.6) is 0 Å². The van der Waals surface area contributed by atoms with Crippen molar-refractivity contribution in [2.75, 3.05) is 5.73 Å². The van der Waals surface area contributed by atoms with Crippen molar-refractivity contribution in [2.24, 2.45) is 5.41 Å². The highest BCUT2D eigenvalue weighted by Gasteiger charge is 2.27. The van der Waals surface area contributed by atoms with Crippen molar-refractivity contribution in [2.45, 2.75) is 45.6 Å². The molecule has 0 saturated heterocycles. The number of halogens is 1. The molecule has 0 aromatic carbocycles. The van der Waals surface area contributed by atoms with Crippen LogP contribution < -0.4 is 11.1 Å². The number of amides is 1. The number of hydrogen-bond donors (Lipinski definition) is 2. The molecule has 2 rings (SSSR count). The predicted octanol–water partition coefficient (Wildman–Crippen LogP) is 2.78. The molecule has 1 aliphatic carbocycles. The summed E-state index contributed by atoms with van der Waals surface area (Å²) in [7, 11) is 0. The van der Waals surface area contributed by atoms with Crippen LogP contribution in [0, 0.1) is 5.41 Å². The van der Waals surface area contributed by atoms with E-state index in [0.717, 1.165) is 25.7 Å². The smallest absolute Gasteiger partial charge is 0.255 e. The Morgan fingerprint density at radius 2 is 2.05 bits per heavy atom. The first kappa shape index (κ1) is 15.8. The molecular weight excluding hydrogens is 262 g/mol. The van der Waals surface area contributed by atoms with E-state index < -0.39 is 0 Å². The van der Waals surface area contributed by atoms with Crippen LogP contribution in [0.3, 0.4) is 0 Å². The Balaban J connectivity index is 0.00000180. The van der Waals surface area contributed by atoms with E-state index in [2.05, 4.69) is 24.1 Å². The Hall–Kier alpha value is -1.29. The third-order valence-electron chi connectivity index (χ3n) is 3.77. The molecule has 0 spiro atoms. The Morgan fingerprint density at radius 1 is 1.42 bits per heavy atom. The number of hydrogen-bond acceptors (Lipinski definition) is 3. The molecule has 3 N–H and O–H groups in total. The lowest BCUT2D eigenvalue weighted by Gasteiger charge is -2.34. The molecule has 1 fully saturated rings. The summed E-state index contributed by atoms with van der Waals surface area (Å²) in [6.07, 6.45) is 7.51. The first-order valence-corrected chi connectivity index (χ1v) is 6.48. The minimum Gasteiger partial charge on any atom is -0.398 e. The van der Waals surface area contributed by atoms with Gasteiger partial charge in [0.1, 0.15) is 0 Å². The number of nitrogens with two attached hydrogens (primary N) is 1. The molecule has 106 valence electrons. The summed E-state index contributed by atoms with van der Waals surface area (Å²) in [5.74, 6) is -0.106. The maximum Gasteiger partial charge on any atom is 0.255 e. The maximum absolute atomic E-state index is 12.1. The Morgan fingerprint density at radius 3 is 2.63 bits per heavy atom. The van der Waals surface area contributed by atoms with Crippen LogP contribution in [0.25, 0.3) is 0 Å². The second-order valence-corrected chi connectivity index (χ2v) is 5.87. The average molecular weight is 284 g/mol. The van der Waals surface area contributed by atoms with Crippen LogP contribution in [-0.4, -0.2) is 16.9 Å². The highest BCUT2D eigenvalue weighted by Crippen LogP contribution is 2.35. The molecular formula is C14H22ClN3O. The summed E-state index contributed by atoms with van der Waals surface area (Å²) in [4.78, 5) is 16.0. The molecule has 0 atom stereocenters. The van der Waals surface area contributed by atoms with Crippen molar-refractivity contribution < 1.29 is 4.79 Å². The van der Waals surface area contributed by atoms with Crippen molar-refractivity contribution >= 4 is 24.0 Å². The second-order valence-electron chi connectivity index (χ2n) is 5.87. The third kappa shape index (κ3) is 4.10. The van der Waals surface area contributed by atoms with E-state index in [1.165, 1.54) is 6.20 Å². The van der Waals surface area contributed by atoms with E-state index in [9.17, 15) is 4.79 Å². The number of pyridine rings is 1. The Labute approximate surface area is 120 Å². The zero-order valence-electron chi connectivity index (χ0n) is 11.5. The maximum atomic E-state index is 12.1. The van der Waals surface area contributed by atoms with Crippen LogP contribution in [0.4, 0.5) is 5.69 Å². The van der Waals surface area contributed by atoms with Gasteiger partial charge < -0.3 is 11.1 Å². The molecule has 0 unspecified atom stereocenters. The molecule has 1 heterocycles. The van der Waals surface area contributed by atoms with Gasteiger partial charge in [-0.25, -0.2) is 0 Å². The molecule has 0 radical (unpaired) electrons. The van der Waals surface area contributed by atoms with Gasteiger partial charge in [0.05, 0.1) is 5.56 Å². The first-order valence-electron chi connectivity index (χ1n) is 6.48. The Bertz CT molecular complexity index is 438. The summed E-state index contributed by atoms with van der Waals surface area (Å²) >= 11 is 0. The van der Waals surface area contributed by atoms with Gasteiger partial charge in [-0.1, -0.05) is 13.8 Å². The van der Waals surface area contributed by atoms with E-state index in [1.54, 1.807) is 12.3 Å². The summed E-state index contributed by atoms with van der Waals surface area (Å²) in [5, 5.41) is 3.05. The van der Waals surface area contributed by atoms with Crippen LogP contribution in [0.15, 0.2) is 18.5 Å². The number of anilines is 1. The highest BCUT2D eigenvalue weighted by molar-refractivity contribution is 5.98. The van der Waals surface area contributed by atoms with Crippen LogP contribution in [0.2, 0.25) is 0 Å². The Kier molecular flexibility index (Phi) is 5.18. The van der Waals surface area contributed by atoms with Gasteiger partial charge in [0.15, 0.2) is 0 Å². The third-order valence-corrected chi connectivity index (χ3v) is 3.77. The molecule has 1 aromatic heterocycles. The summed E-state index contributed by atoms with van der Waals surface area (Å²) in [6, 6.07) is 1.92. The van der Waals surface area contributed by atoms with E-state index >= 15 is 0 Å². The number of carbonyl (C=O) groups is 1. The van der Waals surface area contributed by atoms with Crippen molar-refractivity contribution in [1.82, 2.24) is 10.3 Å². The van der Waals surface area contributed by atoms with E-state index in [-0.39, 0.29) is 24.4 Å². The normalized spacial score (nSPS) is 18.4. The van der Waals surface area contributed by atoms with Gasteiger partial charge in [-0.2, -0.15) is 0 Å². The van der Waals surface area contributed by atoms with Gasteiger partial charge in [-0.15, -0.1) is 12.4 Å². The van der Waals surface area contributed by atoms with E-state index in [0.29, 0.717) is 16.7 Å². The highest BCUT2D eigenvalue weighted by atomic mass is 35.5. The van der Waals surface area contributed by atoms with Crippen molar-refractivity contribution in [1.29, 1.82) is 0 Å². The molecule has 0 bridgehead atoms. The quantitative estimate of drug-likeness (QED) is 0.877. The lowest BCUT2D eigenvalue weighted by Crippen LogP contribution is -2.39. The fourth-order valence-electron chi connectivity index (χ4n) is 2.40. The fourth-order valence-corrected chi connectivity index (χ4v) is 2.40. The van der Waals surface area contributed by atoms with Gasteiger partial charge in [0.25, 0.3) is 5.91 Å². The SMILES string of the molecule is CC1(C)CCC(NC(=O)c2cnccc2N)CC1.Cl. The lowest BCUT2D eigenvalue weighted by molar-refractivity contribution is 0.0909. The summed E-state index contributed by atoms with van der Waals surface area (Å²) in [5.41, 5.74) is 7.14. The molecule has 1 amide bonds. The molecule has 1 saturated carbocycles. The van der Waals surface area contributed by atoms with Gasteiger partial charge in [0, 0.05) is 24.1 Å². The molecule has 0 aliphatic heterocycles. The molecule has 19 heavy (non-hydrogen) atoms. The van der Waals surface area contributed by atoms with Crippen LogP contribution in [0.1, 0.15) is 49.9 Å². The number of rotatable bonds is 2. The fraction of sp³-hybridized carbons (Fsp3) is 0.571. The minimum atomic E-state index is -0.106. The van der Waals surface area contributed by atoms with Crippen molar-refractivity contribution in [3.05, 3.63) is 24.0 Å². The van der Waals surface area contributed by atoms with E-state index in [4.69, 9.17) is 5.73 Å². The average Bonchev–Trinajstić information content (AvgIpc) is 2.32.